The van der Waals surface area contributed by atoms with Crippen molar-refractivity contribution in [3.05, 3.63) is 100 Å². The lowest BCUT2D eigenvalue weighted by Crippen LogP contribution is -2.17. The van der Waals surface area contributed by atoms with Crippen molar-refractivity contribution in [2.45, 2.75) is 26.3 Å². The first-order valence-corrected chi connectivity index (χ1v) is 12.0. The van der Waals surface area contributed by atoms with Crippen LogP contribution in [0.3, 0.4) is 0 Å². The Morgan fingerprint density at radius 2 is 1.85 bits per heavy atom. The monoisotopic (exact) mass is 471 g/mol. The van der Waals surface area contributed by atoms with Crippen LogP contribution in [-0.4, -0.2) is 17.7 Å². The van der Waals surface area contributed by atoms with E-state index in [0.29, 0.717) is 11.3 Å². The summed E-state index contributed by atoms with van der Waals surface area (Å²) in [5.41, 5.74) is 3.51. The number of benzene rings is 2. The molecular weight excluding hydrogens is 446 g/mol. The number of aromatic nitrogens is 1. The molecule has 6 nitrogen and oxygen atoms in total. The summed E-state index contributed by atoms with van der Waals surface area (Å²) in [6.07, 6.45) is 0.870. The van der Waals surface area contributed by atoms with Crippen molar-refractivity contribution in [2.75, 3.05) is 17.4 Å². The van der Waals surface area contributed by atoms with Crippen LogP contribution in [0.25, 0.3) is 0 Å². The summed E-state index contributed by atoms with van der Waals surface area (Å²) < 4.78 is 11.2. The van der Waals surface area contributed by atoms with Crippen LogP contribution < -0.4 is 20.1 Å². The number of carbonyl (C=O) groups is 1. The standard InChI is InChI=1S/C27H25N3O3S/c1-3-20-15-21(27(34-20)30-26(31)18-9-5-4-6-10-18)25(29-24-11-7-8-17(2)28-24)19-12-13-22-23(14-19)33-16-32-22/h4-15,25H,3,16H2,1-2H3,(H,28,29)(H,30,31)/t25-/m1/s1. The second-order valence-corrected chi connectivity index (χ2v) is 9.16. The highest BCUT2D eigenvalue weighted by atomic mass is 32.1. The van der Waals surface area contributed by atoms with Crippen LogP contribution in [0.1, 0.15) is 45.0 Å². The van der Waals surface area contributed by atoms with Gasteiger partial charge in [0.1, 0.15) is 10.8 Å². The zero-order valence-corrected chi connectivity index (χ0v) is 19.8. The molecule has 2 aromatic carbocycles. The number of aryl methyl sites for hydroxylation is 2. The molecule has 0 bridgehead atoms. The quantitative estimate of drug-likeness (QED) is 0.336. The van der Waals surface area contributed by atoms with Gasteiger partial charge in [0.15, 0.2) is 11.5 Å². The zero-order chi connectivity index (χ0) is 23.5. The van der Waals surface area contributed by atoms with E-state index < -0.39 is 0 Å². The average molecular weight is 472 g/mol. The van der Waals surface area contributed by atoms with Gasteiger partial charge >= 0.3 is 0 Å². The van der Waals surface area contributed by atoms with E-state index in [9.17, 15) is 4.79 Å². The molecule has 0 spiro atoms. The lowest BCUT2D eigenvalue weighted by atomic mass is 9.99. The van der Waals surface area contributed by atoms with Crippen molar-refractivity contribution in [1.29, 1.82) is 0 Å². The molecule has 0 unspecified atom stereocenters. The largest absolute Gasteiger partial charge is 0.454 e. The van der Waals surface area contributed by atoms with Crippen molar-refractivity contribution >= 4 is 28.1 Å². The van der Waals surface area contributed by atoms with Gasteiger partial charge in [0.25, 0.3) is 5.91 Å². The van der Waals surface area contributed by atoms with Gasteiger partial charge in [-0.15, -0.1) is 11.3 Å². The Kier molecular flexibility index (Phi) is 6.18. The minimum absolute atomic E-state index is 0.135. The molecule has 0 fully saturated rings. The van der Waals surface area contributed by atoms with E-state index in [1.807, 2.05) is 73.7 Å². The number of pyridine rings is 1. The molecule has 34 heavy (non-hydrogen) atoms. The first kappa shape index (κ1) is 22.0. The average Bonchev–Trinajstić information content (AvgIpc) is 3.49. The van der Waals surface area contributed by atoms with Gasteiger partial charge in [-0.25, -0.2) is 4.98 Å². The molecule has 2 N–H and O–H groups in total. The van der Waals surface area contributed by atoms with Gasteiger partial charge in [-0.3, -0.25) is 4.79 Å². The summed E-state index contributed by atoms with van der Waals surface area (Å²) in [6, 6.07) is 23.0. The van der Waals surface area contributed by atoms with Crippen LogP contribution >= 0.6 is 11.3 Å². The van der Waals surface area contributed by atoms with Gasteiger partial charge < -0.3 is 20.1 Å². The molecule has 7 heteroatoms. The lowest BCUT2D eigenvalue weighted by Gasteiger charge is -2.21. The third kappa shape index (κ3) is 4.61. The molecule has 1 aliphatic rings. The number of ether oxygens (including phenoxy) is 2. The van der Waals surface area contributed by atoms with Crippen LogP contribution in [0.4, 0.5) is 10.8 Å². The fraction of sp³-hybridized carbons (Fsp3) is 0.185. The topological polar surface area (TPSA) is 72.5 Å². The summed E-state index contributed by atoms with van der Waals surface area (Å²) in [6.45, 7) is 4.29. The molecule has 4 aromatic rings. The van der Waals surface area contributed by atoms with Crippen molar-refractivity contribution in [2.24, 2.45) is 0 Å². The Bertz CT molecular complexity index is 1320. The fourth-order valence-corrected chi connectivity index (χ4v) is 4.95. The predicted octanol–water partition coefficient (Wildman–Crippen LogP) is 6.20. The molecule has 0 saturated heterocycles. The smallest absolute Gasteiger partial charge is 0.256 e. The van der Waals surface area contributed by atoms with Crippen molar-refractivity contribution in [3.63, 3.8) is 0 Å². The number of thiophene rings is 1. The highest BCUT2D eigenvalue weighted by molar-refractivity contribution is 7.16. The molecule has 0 radical (unpaired) electrons. The number of rotatable bonds is 7. The van der Waals surface area contributed by atoms with Gasteiger partial charge in [0.2, 0.25) is 6.79 Å². The molecule has 2 aromatic heterocycles. The fourth-order valence-electron chi connectivity index (χ4n) is 3.91. The third-order valence-electron chi connectivity index (χ3n) is 5.64. The lowest BCUT2D eigenvalue weighted by molar-refractivity contribution is 0.102. The van der Waals surface area contributed by atoms with E-state index in [0.717, 1.165) is 39.8 Å². The van der Waals surface area contributed by atoms with Crippen LogP contribution in [0.5, 0.6) is 11.5 Å². The Morgan fingerprint density at radius 3 is 2.65 bits per heavy atom. The van der Waals surface area contributed by atoms with Gasteiger partial charge in [0, 0.05) is 21.7 Å². The number of hydrogen-bond donors (Lipinski definition) is 2. The molecule has 1 aliphatic heterocycles. The molecule has 3 heterocycles. The Labute approximate surface area is 202 Å². The summed E-state index contributed by atoms with van der Waals surface area (Å²) in [5, 5.41) is 7.54. The minimum atomic E-state index is -0.258. The second-order valence-electron chi connectivity index (χ2n) is 8.03. The highest BCUT2D eigenvalue weighted by Gasteiger charge is 2.25. The maximum absolute atomic E-state index is 13.0. The van der Waals surface area contributed by atoms with Crippen LogP contribution in [-0.2, 0) is 6.42 Å². The Morgan fingerprint density at radius 1 is 1.03 bits per heavy atom. The summed E-state index contributed by atoms with van der Waals surface area (Å²) in [5.74, 6) is 2.06. The number of carbonyl (C=O) groups excluding carboxylic acids is 1. The highest BCUT2D eigenvalue weighted by Crippen LogP contribution is 2.41. The van der Waals surface area contributed by atoms with Crippen LogP contribution in [0.2, 0.25) is 0 Å². The van der Waals surface area contributed by atoms with E-state index >= 15 is 0 Å². The maximum atomic E-state index is 13.0. The predicted molar refractivity (Wildman–Crippen MR) is 135 cm³/mol. The SMILES string of the molecule is CCc1cc([C@H](Nc2cccc(C)n2)c2ccc3c(c2)OCO3)c(NC(=O)c2ccccc2)s1. The third-order valence-corrected chi connectivity index (χ3v) is 6.86. The summed E-state index contributed by atoms with van der Waals surface area (Å²) in [4.78, 5) is 18.8. The molecule has 172 valence electrons. The van der Waals surface area contributed by atoms with E-state index in [1.54, 1.807) is 11.3 Å². The zero-order valence-electron chi connectivity index (χ0n) is 19.0. The molecule has 0 aliphatic carbocycles. The number of nitrogens with zero attached hydrogens (tertiary/aromatic N) is 1. The second kappa shape index (κ2) is 9.57. The Hall–Kier alpha value is -3.84. The molecule has 1 amide bonds. The van der Waals surface area contributed by atoms with Crippen LogP contribution in [0.15, 0.2) is 72.8 Å². The number of nitrogens with one attached hydrogen (secondary N) is 2. The van der Waals surface area contributed by atoms with Gasteiger partial charge in [-0.1, -0.05) is 37.3 Å². The first-order valence-electron chi connectivity index (χ1n) is 11.2. The normalized spacial score (nSPS) is 12.9. The molecular formula is C27H25N3O3S. The molecule has 0 saturated carbocycles. The van der Waals surface area contributed by atoms with E-state index in [1.165, 1.54) is 4.88 Å². The number of anilines is 2. The van der Waals surface area contributed by atoms with Gasteiger partial charge in [-0.2, -0.15) is 0 Å². The van der Waals surface area contributed by atoms with E-state index in [4.69, 9.17) is 9.47 Å². The van der Waals surface area contributed by atoms with Crippen molar-refractivity contribution in [3.8, 4) is 11.5 Å². The van der Waals surface area contributed by atoms with Crippen LogP contribution in [0, 0.1) is 6.92 Å². The number of amides is 1. The molecule has 5 rings (SSSR count). The number of fused-ring (bicyclic) bond motifs is 1. The molecule has 1 atom stereocenters. The van der Waals surface area contributed by atoms with Crippen molar-refractivity contribution in [1.82, 2.24) is 4.98 Å². The Balaban J connectivity index is 1.56. The number of hydrogen-bond acceptors (Lipinski definition) is 6. The maximum Gasteiger partial charge on any atom is 0.256 e. The summed E-state index contributed by atoms with van der Waals surface area (Å²) in [7, 11) is 0. The summed E-state index contributed by atoms with van der Waals surface area (Å²) >= 11 is 1.60. The van der Waals surface area contributed by atoms with Gasteiger partial charge in [0.05, 0.1) is 6.04 Å². The van der Waals surface area contributed by atoms with E-state index in [-0.39, 0.29) is 18.7 Å². The first-order chi connectivity index (χ1) is 16.6. The van der Waals surface area contributed by atoms with E-state index in [2.05, 4.69) is 28.6 Å². The minimum Gasteiger partial charge on any atom is -0.454 e. The van der Waals surface area contributed by atoms with Crippen molar-refractivity contribution < 1.29 is 14.3 Å². The van der Waals surface area contributed by atoms with Gasteiger partial charge in [-0.05, 0) is 61.4 Å².